The second-order valence-electron chi connectivity index (χ2n) is 4.55. The number of nitrogens with one attached hydrogen (secondary N) is 1. The minimum atomic E-state index is -0.663. The molecule has 0 spiro atoms. The minimum absolute atomic E-state index is 0.103. The first-order valence-electron chi connectivity index (χ1n) is 6.60. The molecule has 0 unspecified atom stereocenters. The van der Waals surface area contributed by atoms with Crippen LogP contribution in [-0.4, -0.2) is 16.7 Å². The molecule has 0 aromatic heterocycles. The number of nitrogens with two attached hydrogens (primary N) is 1. The summed E-state index contributed by atoms with van der Waals surface area (Å²) in [5, 5.41) is 13.4. The standard InChI is InChI=1S/C16H13N3O4/c17-16(21)12-6-2-3-7-13(12)18-15(20)10-9-11-5-1-4-8-14(11)19(22)23/h1-10H,(H2,17,21)(H,18,20)/b10-9+. The van der Waals surface area contributed by atoms with Gasteiger partial charge in [-0.05, 0) is 24.3 Å². The van der Waals surface area contributed by atoms with E-state index in [-0.39, 0.29) is 16.9 Å². The Kier molecular flexibility index (Phi) is 4.83. The third kappa shape index (κ3) is 4.01. The summed E-state index contributed by atoms with van der Waals surface area (Å²) in [5.41, 5.74) is 5.88. The molecule has 0 atom stereocenters. The van der Waals surface area contributed by atoms with Crippen LogP contribution in [0.25, 0.3) is 6.08 Å². The summed E-state index contributed by atoms with van der Waals surface area (Å²) in [6, 6.07) is 12.3. The molecule has 3 N–H and O–H groups in total. The van der Waals surface area contributed by atoms with E-state index in [0.717, 1.165) is 6.08 Å². The molecule has 2 aromatic carbocycles. The van der Waals surface area contributed by atoms with Gasteiger partial charge in [-0.15, -0.1) is 0 Å². The molecule has 23 heavy (non-hydrogen) atoms. The maximum absolute atomic E-state index is 11.9. The Hall–Kier alpha value is -3.48. The van der Waals surface area contributed by atoms with Crippen LogP contribution in [-0.2, 0) is 4.79 Å². The van der Waals surface area contributed by atoms with Gasteiger partial charge in [-0.2, -0.15) is 0 Å². The minimum Gasteiger partial charge on any atom is -0.366 e. The number of para-hydroxylation sites is 2. The number of amides is 2. The predicted octanol–water partition coefficient (Wildman–Crippen LogP) is 2.35. The molecule has 0 radical (unpaired) electrons. The Morgan fingerprint density at radius 2 is 1.74 bits per heavy atom. The van der Waals surface area contributed by atoms with Crippen LogP contribution in [0.2, 0.25) is 0 Å². The first kappa shape index (κ1) is 15.9. The van der Waals surface area contributed by atoms with Gasteiger partial charge in [0.25, 0.3) is 11.6 Å². The second kappa shape index (κ2) is 6.99. The van der Waals surface area contributed by atoms with Crippen LogP contribution in [0.4, 0.5) is 11.4 Å². The summed E-state index contributed by atoms with van der Waals surface area (Å²) in [5.74, 6) is -1.19. The topological polar surface area (TPSA) is 115 Å². The van der Waals surface area contributed by atoms with Crippen molar-refractivity contribution in [1.29, 1.82) is 0 Å². The van der Waals surface area contributed by atoms with Crippen LogP contribution in [0.5, 0.6) is 0 Å². The van der Waals surface area contributed by atoms with E-state index in [1.165, 1.54) is 30.3 Å². The highest BCUT2D eigenvalue weighted by Gasteiger charge is 2.11. The number of nitro benzene ring substituents is 1. The lowest BCUT2D eigenvalue weighted by atomic mass is 10.1. The molecule has 0 saturated carbocycles. The smallest absolute Gasteiger partial charge is 0.276 e. The second-order valence-corrected chi connectivity index (χ2v) is 4.55. The number of primary amides is 1. The SMILES string of the molecule is NC(=O)c1ccccc1NC(=O)/C=C/c1ccccc1[N+](=O)[O-]. The maximum Gasteiger partial charge on any atom is 0.276 e. The first-order valence-corrected chi connectivity index (χ1v) is 6.60. The number of hydrogen-bond donors (Lipinski definition) is 2. The first-order chi connectivity index (χ1) is 11.0. The van der Waals surface area contributed by atoms with E-state index in [1.807, 2.05) is 0 Å². The average Bonchev–Trinajstić information content (AvgIpc) is 2.53. The van der Waals surface area contributed by atoms with Crippen LogP contribution in [0.3, 0.4) is 0 Å². The highest BCUT2D eigenvalue weighted by Crippen LogP contribution is 2.19. The fraction of sp³-hybridized carbons (Fsp3) is 0. The van der Waals surface area contributed by atoms with Gasteiger partial charge in [-0.1, -0.05) is 24.3 Å². The van der Waals surface area contributed by atoms with Gasteiger partial charge < -0.3 is 11.1 Å². The molecule has 2 aromatic rings. The monoisotopic (exact) mass is 311 g/mol. The number of nitrogens with zero attached hydrogens (tertiary/aromatic N) is 1. The average molecular weight is 311 g/mol. The molecule has 0 bridgehead atoms. The van der Waals surface area contributed by atoms with Gasteiger partial charge in [0, 0.05) is 12.1 Å². The van der Waals surface area contributed by atoms with Crippen molar-refractivity contribution in [2.75, 3.05) is 5.32 Å². The maximum atomic E-state index is 11.9. The van der Waals surface area contributed by atoms with E-state index < -0.39 is 16.7 Å². The third-order valence-corrected chi connectivity index (χ3v) is 3.00. The molecular weight excluding hydrogens is 298 g/mol. The number of carbonyl (C=O) groups excluding carboxylic acids is 2. The van der Waals surface area contributed by atoms with Gasteiger partial charge in [0.2, 0.25) is 5.91 Å². The van der Waals surface area contributed by atoms with Gasteiger partial charge in [-0.3, -0.25) is 19.7 Å². The van der Waals surface area contributed by atoms with E-state index in [2.05, 4.69) is 5.32 Å². The molecule has 0 aliphatic rings. The fourth-order valence-corrected chi connectivity index (χ4v) is 1.94. The predicted molar refractivity (Wildman–Crippen MR) is 85.7 cm³/mol. The number of carbonyl (C=O) groups is 2. The Labute approximate surface area is 131 Å². The van der Waals surface area contributed by atoms with Crippen molar-refractivity contribution >= 4 is 29.3 Å². The van der Waals surface area contributed by atoms with Gasteiger partial charge >= 0.3 is 0 Å². The van der Waals surface area contributed by atoms with Crippen molar-refractivity contribution in [3.8, 4) is 0 Å². The molecule has 0 saturated heterocycles. The summed E-state index contributed by atoms with van der Waals surface area (Å²) in [6.45, 7) is 0. The molecule has 7 nitrogen and oxygen atoms in total. The summed E-state index contributed by atoms with van der Waals surface area (Å²) in [6.07, 6.45) is 2.49. The lowest BCUT2D eigenvalue weighted by Crippen LogP contribution is -2.16. The van der Waals surface area contributed by atoms with Gasteiger partial charge in [0.15, 0.2) is 0 Å². The van der Waals surface area contributed by atoms with Gasteiger partial charge in [0.1, 0.15) is 0 Å². The van der Waals surface area contributed by atoms with E-state index in [9.17, 15) is 19.7 Å². The lowest BCUT2D eigenvalue weighted by Gasteiger charge is -2.06. The molecule has 0 heterocycles. The van der Waals surface area contributed by atoms with Gasteiger partial charge in [0.05, 0.1) is 21.7 Å². The van der Waals surface area contributed by atoms with Crippen molar-refractivity contribution in [1.82, 2.24) is 0 Å². The van der Waals surface area contributed by atoms with Crippen molar-refractivity contribution in [3.63, 3.8) is 0 Å². The number of rotatable bonds is 5. The van der Waals surface area contributed by atoms with Crippen LogP contribution >= 0.6 is 0 Å². The largest absolute Gasteiger partial charge is 0.366 e. The quantitative estimate of drug-likeness (QED) is 0.501. The van der Waals surface area contributed by atoms with E-state index in [0.29, 0.717) is 5.56 Å². The highest BCUT2D eigenvalue weighted by atomic mass is 16.6. The molecule has 7 heteroatoms. The molecule has 116 valence electrons. The van der Waals surface area contributed by atoms with Gasteiger partial charge in [-0.25, -0.2) is 0 Å². The number of anilines is 1. The normalized spacial score (nSPS) is 10.4. The third-order valence-electron chi connectivity index (χ3n) is 3.00. The highest BCUT2D eigenvalue weighted by molar-refractivity contribution is 6.07. The van der Waals surface area contributed by atoms with E-state index >= 15 is 0 Å². The zero-order chi connectivity index (χ0) is 16.8. The summed E-state index contributed by atoms with van der Waals surface area (Å²) >= 11 is 0. The Morgan fingerprint density at radius 3 is 2.43 bits per heavy atom. The summed E-state index contributed by atoms with van der Waals surface area (Å²) < 4.78 is 0. The van der Waals surface area contributed by atoms with E-state index in [1.54, 1.807) is 24.3 Å². The Balaban J connectivity index is 2.18. The van der Waals surface area contributed by atoms with E-state index in [4.69, 9.17) is 5.73 Å². The molecule has 2 amide bonds. The van der Waals surface area contributed by atoms with Crippen molar-refractivity contribution in [2.45, 2.75) is 0 Å². The Morgan fingerprint density at radius 1 is 1.09 bits per heavy atom. The molecule has 2 rings (SSSR count). The molecular formula is C16H13N3O4. The van der Waals surface area contributed by atoms with Crippen LogP contribution < -0.4 is 11.1 Å². The zero-order valence-electron chi connectivity index (χ0n) is 11.9. The zero-order valence-corrected chi connectivity index (χ0v) is 11.9. The van der Waals surface area contributed by atoms with Crippen molar-refractivity contribution in [2.24, 2.45) is 5.73 Å². The summed E-state index contributed by atoms with van der Waals surface area (Å²) in [4.78, 5) is 33.6. The van der Waals surface area contributed by atoms with Crippen molar-refractivity contribution in [3.05, 3.63) is 75.8 Å². The Bertz CT molecular complexity index is 799. The molecule has 0 fully saturated rings. The summed E-state index contributed by atoms with van der Waals surface area (Å²) in [7, 11) is 0. The van der Waals surface area contributed by atoms with Crippen LogP contribution in [0.15, 0.2) is 54.6 Å². The number of hydrogen-bond acceptors (Lipinski definition) is 4. The van der Waals surface area contributed by atoms with Crippen LogP contribution in [0, 0.1) is 10.1 Å². The fourth-order valence-electron chi connectivity index (χ4n) is 1.94. The lowest BCUT2D eigenvalue weighted by molar-refractivity contribution is -0.385. The number of benzene rings is 2. The van der Waals surface area contributed by atoms with Crippen LogP contribution in [0.1, 0.15) is 15.9 Å². The molecule has 0 aliphatic carbocycles. The van der Waals surface area contributed by atoms with Crippen molar-refractivity contribution < 1.29 is 14.5 Å². The number of nitro groups is 1. The molecule has 0 aliphatic heterocycles.